The summed E-state index contributed by atoms with van der Waals surface area (Å²) < 4.78 is 13.1. The first-order valence-electron chi connectivity index (χ1n) is 8.15. The molecule has 1 unspecified atom stereocenters. The van der Waals surface area contributed by atoms with E-state index in [1.807, 2.05) is 18.2 Å². The lowest BCUT2D eigenvalue weighted by Gasteiger charge is -2.33. The van der Waals surface area contributed by atoms with Crippen LogP contribution in [-0.4, -0.2) is 28.1 Å². The van der Waals surface area contributed by atoms with Gasteiger partial charge < -0.3 is 8.23 Å². The smallest absolute Gasteiger partial charge is 0.385 e. The van der Waals surface area contributed by atoms with Gasteiger partial charge in [0.25, 0.3) is 0 Å². The van der Waals surface area contributed by atoms with E-state index in [1.54, 1.807) is 0 Å². The molecule has 0 spiro atoms. The van der Waals surface area contributed by atoms with E-state index in [0.717, 1.165) is 0 Å². The maximum Gasteiger partial charge on any atom is 0.385 e. The number of hydrogen-bond acceptors (Lipinski definition) is 2. The minimum absolute atomic E-state index is 0.643. The fourth-order valence-corrected chi connectivity index (χ4v) is 12.1. The summed E-state index contributed by atoms with van der Waals surface area (Å²) in [5.41, 5.74) is 0. The first-order valence-corrected chi connectivity index (χ1v) is 13.0. The Morgan fingerprint density at radius 3 is 1.54 bits per heavy atom. The lowest BCUT2D eigenvalue weighted by Crippen LogP contribution is -2.66. The number of hydrogen-bond donors (Lipinski definition) is 0. The quantitative estimate of drug-likeness (QED) is 0.601. The van der Waals surface area contributed by atoms with Crippen molar-refractivity contribution in [3.8, 4) is 0 Å². The van der Waals surface area contributed by atoms with Gasteiger partial charge in [-0.15, -0.1) is 0 Å². The third-order valence-electron chi connectivity index (χ3n) is 4.21. The molecule has 1 atom stereocenters. The van der Waals surface area contributed by atoms with Crippen molar-refractivity contribution in [3.63, 3.8) is 0 Å². The van der Waals surface area contributed by atoms with Gasteiger partial charge in [-0.05, 0) is 22.1 Å². The Labute approximate surface area is 149 Å². The predicted molar refractivity (Wildman–Crippen MR) is 109 cm³/mol. The molecule has 3 aromatic carbocycles. The van der Waals surface area contributed by atoms with Crippen LogP contribution in [0.15, 0.2) is 91.0 Å². The summed E-state index contributed by atoms with van der Waals surface area (Å²) in [7, 11) is -3.59. The SMILES string of the molecule is C[SiH](O[Si](O[SiH3])(c1ccccc1)c1ccccc1)c1ccccc1. The summed E-state index contributed by atoms with van der Waals surface area (Å²) in [5, 5.41) is 3.67. The Kier molecular flexibility index (Phi) is 5.60. The molecule has 0 saturated heterocycles. The zero-order valence-electron chi connectivity index (χ0n) is 14.1. The van der Waals surface area contributed by atoms with Crippen molar-refractivity contribution in [2.45, 2.75) is 6.55 Å². The van der Waals surface area contributed by atoms with E-state index < -0.39 is 17.6 Å². The largest absolute Gasteiger partial charge is 0.439 e. The standard InChI is InChI=1S/C19H22O2Si3/c1-23(17-11-5-2-6-12-17)21-24(20-22,18-13-7-3-8-14-18)19-15-9-4-10-16-19/h2-16,23H,1,22H3. The lowest BCUT2D eigenvalue weighted by atomic mass is 10.4. The van der Waals surface area contributed by atoms with Crippen LogP contribution >= 0.6 is 0 Å². The summed E-state index contributed by atoms with van der Waals surface area (Å²) >= 11 is 0. The van der Waals surface area contributed by atoms with Crippen molar-refractivity contribution >= 4 is 43.6 Å². The van der Waals surface area contributed by atoms with Crippen LogP contribution in [-0.2, 0) is 8.23 Å². The highest BCUT2D eigenvalue weighted by Gasteiger charge is 2.42. The second kappa shape index (κ2) is 7.87. The highest BCUT2D eigenvalue weighted by molar-refractivity contribution is 6.98. The molecule has 0 aliphatic rings. The molecule has 0 fully saturated rings. The Bertz CT molecular complexity index is 712. The van der Waals surface area contributed by atoms with Gasteiger partial charge in [0.2, 0.25) is 0 Å². The molecular formula is C19H22O2Si3. The predicted octanol–water partition coefficient (Wildman–Crippen LogP) is 0.817. The molecule has 0 bridgehead atoms. The summed E-state index contributed by atoms with van der Waals surface area (Å²) in [5.74, 6) is 0. The number of rotatable bonds is 6. The first kappa shape index (κ1) is 17.1. The fraction of sp³-hybridized carbons (Fsp3) is 0.0526. The normalized spacial score (nSPS) is 12.9. The van der Waals surface area contributed by atoms with E-state index in [-0.39, 0.29) is 0 Å². The highest BCUT2D eigenvalue weighted by Crippen LogP contribution is 2.10. The molecule has 0 amide bonds. The summed E-state index contributed by atoms with van der Waals surface area (Å²) in [6, 6.07) is 31.5. The third kappa shape index (κ3) is 3.50. The Balaban J connectivity index is 2.05. The highest BCUT2D eigenvalue weighted by atomic mass is 28.4. The van der Waals surface area contributed by atoms with Crippen LogP contribution in [0.2, 0.25) is 6.55 Å². The van der Waals surface area contributed by atoms with Gasteiger partial charge in [0.15, 0.2) is 9.04 Å². The molecule has 0 aromatic heterocycles. The van der Waals surface area contributed by atoms with Gasteiger partial charge in [-0.2, -0.15) is 0 Å². The zero-order valence-corrected chi connectivity index (χ0v) is 18.2. The van der Waals surface area contributed by atoms with E-state index in [0.29, 0.717) is 10.5 Å². The molecule has 3 rings (SSSR count). The molecule has 3 aromatic rings. The van der Waals surface area contributed by atoms with Gasteiger partial charge in [-0.3, -0.25) is 0 Å². The second-order valence-electron chi connectivity index (χ2n) is 5.72. The van der Waals surface area contributed by atoms with Crippen molar-refractivity contribution in [1.29, 1.82) is 0 Å². The van der Waals surface area contributed by atoms with Crippen LogP contribution in [0.3, 0.4) is 0 Å². The molecule has 2 nitrogen and oxygen atoms in total. The van der Waals surface area contributed by atoms with E-state index in [2.05, 4.69) is 79.3 Å². The molecule has 122 valence electrons. The topological polar surface area (TPSA) is 18.5 Å². The van der Waals surface area contributed by atoms with E-state index in [1.165, 1.54) is 15.6 Å². The van der Waals surface area contributed by atoms with E-state index >= 15 is 0 Å². The minimum Gasteiger partial charge on any atom is -0.439 e. The van der Waals surface area contributed by atoms with Gasteiger partial charge in [0.1, 0.15) is 10.5 Å². The van der Waals surface area contributed by atoms with Crippen LogP contribution < -0.4 is 15.6 Å². The van der Waals surface area contributed by atoms with Crippen molar-refractivity contribution in [2.24, 2.45) is 0 Å². The van der Waals surface area contributed by atoms with Crippen molar-refractivity contribution in [1.82, 2.24) is 0 Å². The minimum atomic E-state index is -2.64. The Morgan fingerprint density at radius 1 is 0.708 bits per heavy atom. The summed E-state index contributed by atoms with van der Waals surface area (Å²) in [6.07, 6.45) is 0. The van der Waals surface area contributed by atoms with Crippen molar-refractivity contribution < 1.29 is 8.23 Å². The van der Waals surface area contributed by atoms with Gasteiger partial charge in [0.05, 0.1) is 0 Å². The lowest BCUT2D eigenvalue weighted by molar-refractivity contribution is 0.451. The Hall–Kier alpha value is -1.77. The molecule has 0 radical (unpaired) electrons. The van der Waals surface area contributed by atoms with Crippen LogP contribution in [0, 0.1) is 0 Å². The molecule has 0 saturated carbocycles. The molecule has 0 N–H and O–H groups in total. The first-order chi connectivity index (χ1) is 11.8. The Morgan fingerprint density at radius 2 is 1.12 bits per heavy atom. The molecule has 0 heterocycles. The molecule has 5 heteroatoms. The van der Waals surface area contributed by atoms with Gasteiger partial charge in [-0.1, -0.05) is 91.0 Å². The number of benzene rings is 3. The monoisotopic (exact) mass is 366 g/mol. The third-order valence-corrected chi connectivity index (χ3v) is 12.8. The van der Waals surface area contributed by atoms with Crippen LogP contribution in [0.1, 0.15) is 0 Å². The van der Waals surface area contributed by atoms with Gasteiger partial charge in [0, 0.05) is 0 Å². The maximum atomic E-state index is 6.84. The van der Waals surface area contributed by atoms with E-state index in [4.69, 9.17) is 8.23 Å². The fourth-order valence-electron chi connectivity index (χ4n) is 2.94. The van der Waals surface area contributed by atoms with Gasteiger partial charge in [-0.25, -0.2) is 0 Å². The van der Waals surface area contributed by atoms with Crippen LogP contribution in [0.25, 0.3) is 0 Å². The maximum absolute atomic E-state index is 6.84. The van der Waals surface area contributed by atoms with Crippen LogP contribution in [0.5, 0.6) is 0 Å². The van der Waals surface area contributed by atoms with Gasteiger partial charge >= 0.3 is 8.56 Å². The van der Waals surface area contributed by atoms with Crippen molar-refractivity contribution in [2.75, 3.05) is 0 Å². The zero-order chi connectivity index (χ0) is 16.8. The summed E-state index contributed by atoms with van der Waals surface area (Å²) in [4.78, 5) is 0. The molecular weight excluding hydrogens is 344 g/mol. The average Bonchev–Trinajstić information content (AvgIpc) is 2.68. The molecule has 0 aliphatic carbocycles. The second-order valence-corrected chi connectivity index (χ2v) is 12.6. The molecule has 24 heavy (non-hydrogen) atoms. The average molecular weight is 367 g/mol. The van der Waals surface area contributed by atoms with Crippen LogP contribution in [0.4, 0.5) is 0 Å². The molecule has 0 aliphatic heterocycles. The van der Waals surface area contributed by atoms with E-state index in [9.17, 15) is 0 Å². The summed E-state index contributed by atoms with van der Waals surface area (Å²) in [6.45, 7) is 2.24. The van der Waals surface area contributed by atoms with Crippen molar-refractivity contribution in [3.05, 3.63) is 91.0 Å².